The number of rotatable bonds is 3. The molecule has 1 aliphatic heterocycles. The van der Waals surface area contributed by atoms with Gasteiger partial charge in [0.25, 0.3) is 5.91 Å². The number of aromatic nitrogens is 3. The number of fused-ring (bicyclic) bond motifs is 1. The van der Waals surface area contributed by atoms with Crippen molar-refractivity contribution in [1.82, 2.24) is 14.5 Å². The Kier molecular flexibility index (Phi) is 3.68. The monoisotopic (exact) mass is 322 g/mol. The number of aliphatic hydroxyl groups excluding tert-OH is 2. The number of amides is 1. The molecule has 1 fully saturated rings. The highest BCUT2D eigenvalue weighted by Crippen LogP contribution is 2.34. The van der Waals surface area contributed by atoms with Gasteiger partial charge in [-0.1, -0.05) is 0 Å². The van der Waals surface area contributed by atoms with Gasteiger partial charge in [-0.3, -0.25) is 4.79 Å². The largest absolute Gasteiger partial charge is 0.394 e. The molecule has 0 bridgehead atoms. The molecular weight excluding hydrogens is 304 g/mol. The van der Waals surface area contributed by atoms with E-state index in [0.717, 1.165) is 0 Å². The van der Waals surface area contributed by atoms with Crippen LogP contribution >= 0.6 is 0 Å². The van der Waals surface area contributed by atoms with Crippen molar-refractivity contribution < 1.29 is 19.7 Å². The second kappa shape index (κ2) is 5.42. The van der Waals surface area contributed by atoms with E-state index in [1.807, 2.05) is 0 Å². The van der Waals surface area contributed by atoms with Crippen molar-refractivity contribution in [2.75, 3.05) is 12.3 Å². The minimum atomic E-state index is -1.10. The van der Waals surface area contributed by atoms with E-state index in [1.165, 1.54) is 10.8 Å². The Hall–Kier alpha value is -2.27. The van der Waals surface area contributed by atoms with Crippen molar-refractivity contribution in [2.45, 2.75) is 31.4 Å². The quantitative estimate of drug-likeness (QED) is 0.431. The van der Waals surface area contributed by atoms with Crippen LogP contribution in [-0.2, 0) is 4.74 Å². The molecular formula is C13H18N6O4. The minimum Gasteiger partial charge on any atom is -0.394 e. The third kappa shape index (κ3) is 2.32. The summed E-state index contributed by atoms with van der Waals surface area (Å²) in [6, 6.07) is -0.778. The lowest BCUT2D eigenvalue weighted by Gasteiger charge is -2.17. The molecule has 8 N–H and O–H groups in total. The Morgan fingerprint density at radius 2 is 2.17 bits per heavy atom. The number of aliphatic hydroxyl groups is 2. The molecule has 0 radical (unpaired) electrons. The van der Waals surface area contributed by atoms with Crippen LogP contribution in [-0.4, -0.2) is 55.5 Å². The van der Waals surface area contributed by atoms with Crippen LogP contribution in [0.3, 0.4) is 0 Å². The summed E-state index contributed by atoms with van der Waals surface area (Å²) in [4.78, 5) is 20.0. The predicted octanol–water partition coefficient (Wildman–Crippen LogP) is -2.00. The molecule has 2 aromatic heterocycles. The van der Waals surface area contributed by atoms with Gasteiger partial charge >= 0.3 is 0 Å². The van der Waals surface area contributed by atoms with Gasteiger partial charge in [-0.2, -0.15) is 0 Å². The number of nitrogen functional groups attached to an aromatic ring is 1. The van der Waals surface area contributed by atoms with Gasteiger partial charge in [-0.15, -0.1) is 0 Å². The number of anilines is 1. The summed E-state index contributed by atoms with van der Waals surface area (Å²) in [5.74, 6) is -0.209. The molecule has 0 saturated carbocycles. The number of hydrogen-bond donors (Lipinski definition) is 5. The van der Waals surface area contributed by atoms with E-state index >= 15 is 0 Å². The van der Waals surface area contributed by atoms with Gasteiger partial charge in [0.15, 0.2) is 6.23 Å². The first-order valence-electron chi connectivity index (χ1n) is 6.99. The van der Waals surface area contributed by atoms with Gasteiger partial charge in [0.05, 0.1) is 23.6 Å². The van der Waals surface area contributed by atoms with Crippen molar-refractivity contribution in [1.29, 1.82) is 0 Å². The summed E-state index contributed by atoms with van der Waals surface area (Å²) >= 11 is 0. The number of aryl methyl sites for hydroxylation is 1. The highest BCUT2D eigenvalue weighted by molar-refractivity contribution is 6.08. The molecule has 3 heterocycles. The van der Waals surface area contributed by atoms with Crippen LogP contribution in [0, 0.1) is 6.92 Å². The average Bonchev–Trinajstić information content (AvgIpc) is 2.99. The number of hydrogen-bond acceptors (Lipinski definition) is 8. The van der Waals surface area contributed by atoms with E-state index in [1.54, 1.807) is 6.92 Å². The maximum absolute atomic E-state index is 11.7. The van der Waals surface area contributed by atoms with Crippen LogP contribution in [0.2, 0.25) is 0 Å². The van der Waals surface area contributed by atoms with Crippen LogP contribution in [0.15, 0.2) is 6.20 Å². The van der Waals surface area contributed by atoms with Crippen molar-refractivity contribution in [3.8, 4) is 0 Å². The second-order valence-electron chi connectivity index (χ2n) is 5.48. The minimum absolute atomic E-state index is 0.107. The zero-order valence-corrected chi connectivity index (χ0v) is 12.4. The Morgan fingerprint density at radius 3 is 2.74 bits per heavy atom. The van der Waals surface area contributed by atoms with Gasteiger partial charge in [-0.25, -0.2) is 9.97 Å². The SMILES string of the molecule is Cc1nc(N)c2c(C(N)=O)cn([C@@H]3O[C@H](CO)[C@@H](N)[C@H]3O)c2n1. The molecule has 1 saturated heterocycles. The third-order valence-corrected chi connectivity index (χ3v) is 3.96. The van der Waals surface area contributed by atoms with E-state index in [4.69, 9.17) is 21.9 Å². The molecule has 10 nitrogen and oxygen atoms in total. The number of primary amides is 1. The zero-order chi connectivity index (χ0) is 16.9. The first-order valence-corrected chi connectivity index (χ1v) is 6.99. The van der Waals surface area contributed by atoms with Crippen LogP contribution in [0.4, 0.5) is 5.82 Å². The Balaban J connectivity index is 2.20. The highest BCUT2D eigenvalue weighted by atomic mass is 16.5. The fourth-order valence-corrected chi connectivity index (χ4v) is 2.82. The highest BCUT2D eigenvalue weighted by Gasteiger charge is 2.43. The zero-order valence-electron chi connectivity index (χ0n) is 12.4. The van der Waals surface area contributed by atoms with Crippen molar-refractivity contribution in [2.24, 2.45) is 11.5 Å². The summed E-state index contributed by atoms with van der Waals surface area (Å²) in [5, 5.41) is 19.8. The first kappa shape index (κ1) is 15.6. The van der Waals surface area contributed by atoms with Crippen molar-refractivity contribution in [3.05, 3.63) is 17.6 Å². The average molecular weight is 322 g/mol. The maximum atomic E-state index is 11.7. The van der Waals surface area contributed by atoms with Gasteiger partial charge < -0.3 is 36.7 Å². The number of ether oxygens (including phenoxy) is 1. The molecule has 2 aromatic rings. The van der Waals surface area contributed by atoms with E-state index in [2.05, 4.69) is 9.97 Å². The van der Waals surface area contributed by atoms with Crippen molar-refractivity contribution in [3.63, 3.8) is 0 Å². The first-order chi connectivity index (χ1) is 10.8. The lowest BCUT2D eigenvalue weighted by Crippen LogP contribution is -2.41. The lowest BCUT2D eigenvalue weighted by molar-refractivity contribution is -0.0486. The van der Waals surface area contributed by atoms with Crippen molar-refractivity contribution >= 4 is 22.8 Å². The number of nitrogens with zero attached hydrogens (tertiary/aromatic N) is 3. The fraction of sp³-hybridized carbons (Fsp3) is 0.462. The normalized spacial score (nSPS) is 27.7. The lowest BCUT2D eigenvalue weighted by atomic mass is 10.1. The van der Waals surface area contributed by atoms with Gasteiger partial charge in [0, 0.05) is 6.20 Å². The van der Waals surface area contributed by atoms with E-state index in [9.17, 15) is 15.0 Å². The molecule has 0 spiro atoms. The summed E-state index contributed by atoms with van der Waals surface area (Å²) in [6.45, 7) is 1.30. The molecule has 23 heavy (non-hydrogen) atoms. The van der Waals surface area contributed by atoms with E-state index in [0.29, 0.717) is 16.9 Å². The van der Waals surface area contributed by atoms with Crippen LogP contribution in [0.25, 0.3) is 11.0 Å². The molecule has 3 rings (SSSR count). The second-order valence-corrected chi connectivity index (χ2v) is 5.48. The Bertz CT molecular complexity index is 775. The molecule has 0 aromatic carbocycles. The summed E-state index contributed by atoms with van der Waals surface area (Å²) in [6.07, 6.45) is -1.35. The Labute approximate surface area is 130 Å². The molecule has 1 aliphatic rings. The number of nitrogens with two attached hydrogens (primary N) is 3. The predicted molar refractivity (Wildman–Crippen MR) is 80.2 cm³/mol. The molecule has 0 aliphatic carbocycles. The molecule has 124 valence electrons. The molecule has 0 unspecified atom stereocenters. The standard InChI is InChI=1S/C13H18N6O4/c1-4-17-10(15)7-5(11(16)22)2-19(12(7)18-4)13-9(21)8(14)6(3-20)23-13/h2,6,8-9,13,20-21H,3,14H2,1H3,(H2,16,22)(H2,15,17,18)/t6-,8-,9-,13-/m1/s1. The maximum Gasteiger partial charge on any atom is 0.251 e. The topological polar surface area (TPSA) is 176 Å². The van der Waals surface area contributed by atoms with Crippen LogP contribution < -0.4 is 17.2 Å². The van der Waals surface area contributed by atoms with Gasteiger partial charge in [-0.05, 0) is 6.92 Å². The molecule has 1 amide bonds. The molecule has 4 atom stereocenters. The number of carbonyl (C=O) groups excluding carboxylic acids is 1. The van der Waals surface area contributed by atoms with Crippen LogP contribution in [0.1, 0.15) is 22.4 Å². The van der Waals surface area contributed by atoms with Gasteiger partial charge in [0.2, 0.25) is 0 Å². The van der Waals surface area contributed by atoms with E-state index < -0.39 is 30.4 Å². The smallest absolute Gasteiger partial charge is 0.251 e. The van der Waals surface area contributed by atoms with Crippen LogP contribution in [0.5, 0.6) is 0 Å². The summed E-state index contributed by atoms with van der Waals surface area (Å²) in [5.41, 5.74) is 17.5. The van der Waals surface area contributed by atoms with Gasteiger partial charge in [0.1, 0.15) is 29.5 Å². The Morgan fingerprint density at radius 1 is 1.48 bits per heavy atom. The summed E-state index contributed by atoms with van der Waals surface area (Å²) < 4.78 is 7.03. The summed E-state index contributed by atoms with van der Waals surface area (Å²) in [7, 11) is 0. The molecule has 10 heteroatoms. The van der Waals surface area contributed by atoms with E-state index in [-0.39, 0.29) is 18.0 Å². The fourth-order valence-electron chi connectivity index (χ4n) is 2.82. The number of carbonyl (C=O) groups is 1. The third-order valence-electron chi connectivity index (χ3n) is 3.96.